The number of halogens is 1. The number of ether oxygens (including phenoxy) is 1. The molecule has 0 spiro atoms. The number of nitrogens with one attached hydrogen (secondary N) is 1. The molecule has 0 saturated carbocycles. The number of aryl methyl sites for hydroxylation is 1. The lowest BCUT2D eigenvalue weighted by Gasteiger charge is -2.15. The fourth-order valence-electron chi connectivity index (χ4n) is 2.82. The average molecular weight is 386 g/mol. The van der Waals surface area contributed by atoms with Crippen LogP contribution in [0.3, 0.4) is 0 Å². The fraction of sp³-hybridized carbons (Fsp3) is 0.200. The highest BCUT2D eigenvalue weighted by atomic mass is 35.5. The average Bonchev–Trinajstić information content (AvgIpc) is 2.71. The van der Waals surface area contributed by atoms with Gasteiger partial charge in [-0.3, -0.25) is 0 Å². The van der Waals surface area contributed by atoms with Crippen LogP contribution < -0.4 is 10.1 Å². The minimum atomic E-state index is 0.549. The number of benzene rings is 2. The molecular weight excluding hydrogens is 366 g/mol. The van der Waals surface area contributed by atoms with Gasteiger partial charge in [0.1, 0.15) is 16.4 Å². The monoisotopic (exact) mass is 385 g/mol. The second kappa shape index (κ2) is 7.48. The topological polar surface area (TPSA) is 36.9 Å². The van der Waals surface area contributed by atoms with Crippen LogP contribution in [0, 0.1) is 6.92 Å². The first-order valence-corrected chi connectivity index (χ1v) is 8.91. The third-order valence-electron chi connectivity index (χ3n) is 4.01. The second-order valence-corrected chi connectivity index (χ2v) is 7.06. The highest BCUT2D eigenvalue weighted by Crippen LogP contribution is 2.33. The minimum absolute atomic E-state index is 0.549. The Morgan fingerprint density at radius 2 is 1.92 bits per heavy atom. The summed E-state index contributed by atoms with van der Waals surface area (Å²) in [7, 11) is 5.53. The summed E-state index contributed by atoms with van der Waals surface area (Å²) in [4.78, 5) is 7.34. The zero-order valence-electron chi connectivity index (χ0n) is 15.1. The molecule has 0 aromatic heterocycles. The summed E-state index contributed by atoms with van der Waals surface area (Å²) >= 11 is 12.0. The van der Waals surface area contributed by atoms with Crippen molar-refractivity contribution in [3.05, 3.63) is 70.0 Å². The summed E-state index contributed by atoms with van der Waals surface area (Å²) in [6.07, 6.45) is 1.89. The second-order valence-electron chi connectivity index (χ2n) is 6.24. The van der Waals surface area contributed by atoms with Crippen molar-refractivity contribution in [3.8, 4) is 5.75 Å². The lowest BCUT2D eigenvalue weighted by molar-refractivity contribution is 0.412. The summed E-state index contributed by atoms with van der Waals surface area (Å²) in [6, 6.07) is 11.7. The highest BCUT2D eigenvalue weighted by Gasteiger charge is 2.22. The van der Waals surface area contributed by atoms with Crippen LogP contribution >= 0.6 is 23.8 Å². The Bertz CT molecular complexity index is 935. The van der Waals surface area contributed by atoms with Crippen molar-refractivity contribution in [2.24, 2.45) is 4.99 Å². The van der Waals surface area contributed by atoms with Crippen molar-refractivity contribution in [3.63, 3.8) is 0 Å². The number of aliphatic imine (C=N–C) groups is 1. The van der Waals surface area contributed by atoms with Gasteiger partial charge < -0.3 is 15.0 Å². The Morgan fingerprint density at radius 3 is 2.58 bits per heavy atom. The van der Waals surface area contributed by atoms with Crippen LogP contribution in [0.4, 0.5) is 5.69 Å². The van der Waals surface area contributed by atoms with Crippen molar-refractivity contribution < 1.29 is 4.74 Å². The van der Waals surface area contributed by atoms with E-state index in [0.29, 0.717) is 15.7 Å². The molecule has 0 fully saturated rings. The molecule has 4 nitrogen and oxygen atoms in total. The number of fused-ring (bicyclic) bond motifs is 1. The molecular formula is C20H20ClN3OS. The predicted molar refractivity (Wildman–Crippen MR) is 113 cm³/mol. The summed E-state index contributed by atoms with van der Waals surface area (Å²) in [5, 5.41) is 3.94. The van der Waals surface area contributed by atoms with E-state index in [2.05, 4.69) is 5.32 Å². The van der Waals surface area contributed by atoms with Crippen LogP contribution in [0.15, 0.2) is 53.3 Å². The molecule has 0 unspecified atom stereocenters. The van der Waals surface area contributed by atoms with Crippen LogP contribution in [0.25, 0.3) is 0 Å². The third-order valence-corrected chi connectivity index (χ3v) is 4.65. The number of nitrogens with zero attached hydrogens (tertiary/aromatic N) is 2. The van der Waals surface area contributed by atoms with E-state index in [9.17, 15) is 0 Å². The molecule has 1 N–H and O–H groups in total. The largest absolute Gasteiger partial charge is 0.496 e. The molecule has 6 heteroatoms. The van der Waals surface area contributed by atoms with Gasteiger partial charge in [-0.2, -0.15) is 0 Å². The van der Waals surface area contributed by atoms with Gasteiger partial charge in [0.15, 0.2) is 0 Å². The Kier molecular flexibility index (Phi) is 5.30. The highest BCUT2D eigenvalue weighted by molar-refractivity contribution is 7.81. The summed E-state index contributed by atoms with van der Waals surface area (Å²) < 4.78 is 5.47. The Labute approximate surface area is 164 Å². The number of hydrogen-bond donors (Lipinski definition) is 1. The van der Waals surface area contributed by atoms with E-state index in [0.717, 1.165) is 33.8 Å². The van der Waals surface area contributed by atoms with Crippen LogP contribution in [0.2, 0.25) is 5.02 Å². The van der Waals surface area contributed by atoms with Crippen LogP contribution in [0.1, 0.15) is 16.7 Å². The first-order chi connectivity index (χ1) is 12.4. The van der Waals surface area contributed by atoms with E-state index >= 15 is 0 Å². The summed E-state index contributed by atoms with van der Waals surface area (Å²) in [6.45, 7) is 2.00. The van der Waals surface area contributed by atoms with Crippen molar-refractivity contribution >= 4 is 40.2 Å². The Balaban J connectivity index is 2.31. The van der Waals surface area contributed by atoms with E-state index in [-0.39, 0.29) is 0 Å². The van der Waals surface area contributed by atoms with Crippen LogP contribution in [0.5, 0.6) is 5.75 Å². The van der Waals surface area contributed by atoms with E-state index in [1.165, 1.54) is 0 Å². The predicted octanol–water partition coefficient (Wildman–Crippen LogP) is 4.65. The van der Waals surface area contributed by atoms with Crippen molar-refractivity contribution in [2.45, 2.75) is 6.92 Å². The maximum atomic E-state index is 6.48. The molecule has 2 aromatic rings. The first kappa shape index (κ1) is 18.4. The number of methoxy groups -OCH3 is 1. The molecule has 0 radical (unpaired) electrons. The Morgan fingerprint density at radius 1 is 1.19 bits per heavy atom. The molecule has 1 aliphatic heterocycles. The lowest BCUT2D eigenvalue weighted by atomic mass is 9.98. The number of hydrogen-bond acceptors (Lipinski definition) is 4. The van der Waals surface area contributed by atoms with Crippen molar-refractivity contribution in [2.75, 3.05) is 26.5 Å². The molecule has 0 atom stereocenters. The molecule has 2 aromatic carbocycles. The van der Waals surface area contributed by atoms with Crippen LogP contribution in [-0.2, 0) is 0 Å². The molecule has 26 heavy (non-hydrogen) atoms. The number of rotatable bonds is 3. The smallest absolute Gasteiger partial charge is 0.131 e. The molecule has 3 rings (SSSR count). The minimum Gasteiger partial charge on any atom is -0.496 e. The van der Waals surface area contributed by atoms with E-state index in [1.807, 2.05) is 68.5 Å². The molecule has 0 aliphatic carbocycles. The maximum Gasteiger partial charge on any atom is 0.131 e. The molecule has 134 valence electrons. The van der Waals surface area contributed by atoms with Gasteiger partial charge in [0, 0.05) is 42.5 Å². The van der Waals surface area contributed by atoms with Crippen LogP contribution in [-0.4, -0.2) is 36.8 Å². The first-order valence-electron chi connectivity index (χ1n) is 8.13. The molecule has 0 amide bonds. The quantitative estimate of drug-likeness (QED) is 0.616. The number of thiocarbonyl (C=S) groups is 1. The van der Waals surface area contributed by atoms with Gasteiger partial charge in [-0.25, -0.2) is 4.99 Å². The van der Waals surface area contributed by atoms with Crippen molar-refractivity contribution in [1.82, 2.24) is 4.90 Å². The van der Waals surface area contributed by atoms with E-state index in [1.54, 1.807) is 7.11 Å². The van der Waals surface area contributed by atoms with Crippen molar-refractivity contribution in [1.29, 1.82) is 0 Å². The molecule has 1 aliphatic rings. The van der Waals surface area contributed by atoms with E-state index < -0.39 is 0 Å². The SMILES string of the molecule is COc1cc2c(cc1C)C(c1ccccc1Cl)=N/C(=C\N(C)C)C(=S)N2. The normalized spacial score (nSPS) is 15.0. The maximum absolute atomic E-state index is 6.48. The zero-order valence-corrected chi connectivity index (χ0v) is 16.7. The standard InChI is InChI=1S/C20H20ClN3OS/c1-12-9-14-16(10-18(12)25-4)23-20(26)17(11-24(2)3)22-19(14)13-7-5-6-8-15(13)21/h5-11H,1-4H3,(H,23,26)/b17-11-. The number of benzodiazepines with no additional fused rings is 1. The zero-order chi connectivity index (χ0) is 18.8. The summed E-state index contributed by atoms with van der Waals surface area (Å²) in [5.74, 6) is 0.789. The van der Waals surface area contributed by atoms with Gasteiger partial charge in [-0.1, -0.05) is 42.0 Å². The molecule has 0 bridgehead atoms. The van der Waals surface area contributed by atoms with Gasteiger partial charge in [0.25, 0.3) is 0 Å². The van der Waals surface area contributed by atoms with Gasteiger partial charge in [0.2, 0.25) is 0 Å². The van der Waals surface area contributed by atoms with Gasteiger partial charge >= 0.3 is 0 Å². The van der Waals surface area contributed by atoms with Gasteiger partial charge in [-0.15, -0.1) is 0 Å². The third kappa shape index (κ3) is 3.59. The molecule has 1 heterocycles. The number of anilines is 1. The summed E-state index contributed by atoms with van der Waals surface area (Å²) in [5.41, 5.74) is 5.10. The lowest BCUT2D eigenvalue weighted by Crippen LogP contribution is -2.13. The van der Waals surface area contributed by atoms with E-state index in [4.69, 9.17) is 33.5 Å². The van der Waals surface area contributed by atoms with Gasteiger partial charge in [-0.05, 0) is 24.6 Å². The Hall–Kier alpha value is -2.37. The van der Waals surface area contributed by atoms with Gasteiger partial charge in [0.05, 0.1) is 18.5 Å². The fourth-order valence-corrected chi connectivity index (χ4v) is 3.25. The molecule has 0 saturated heterocycles.